The predicted molar refractivity (Wildman–Crippen MR) is 132 cm³/mol. The van der Waals surface area contributed by atoms with Gasteiger partial charge >= 0.3 is 12.2 Å². The molecule has 0 radical (unpaired) electrons. The van der Waals surface area contributed by atoms with Gasteiger partial charge < -0.3 is 14.2 Å². The number of alkyl halides is 3. The van der Waals surface area contributed by atoms with Crippen molar-refractivity contribution in [2.45, 2.75) is 44.0 Å². The molecule has 1 aromatic carbocycles. The Morgan fingerprint density at radius 3 is 2.56 bits per heavy atom. The van der Waals surface area contributed by atoms with E-state index in [0.717, 1.165) is 27.4 Å². The van der Waals surface area contributed by atoms with E-state index in [-0.39, 0.29) is 24.4 Å². The summed E-state index contributed by atoms with van der Waals surface area (Å²) in [5.74, 6) is 0.634. The Morgan fingerprint density at radius 1 is 1.03 bits per heavy atom. The molecule has 1 saturated heterocycles. The highest BCUT2D eigenvalue weighted by atomic mass is 19.4. The van der Waals surface area contributed by atoms with Gasteiger partial charge in [0, 0.05) is 25.4 Å². The zero-order chi connectivity index (χ0) is 27.6. The summed E-state index contributed by atoms with van der Waals surface area (Å²) in [6, 6.07) is 5.25. The van der Waals surface area contributed by atoms with Crippen LogP contribution < -0.4 is 14.4 Å². The molecule has 3 heterocycles. The molecule has 2 aliphatic rings. The van der Waals surface area contributed by atoms with Crippen LogP contribution in [0.15, 0.2) is 43.0 Å². The summed E-state index contributed by atoms with van der Waals surface area (Å²) in [4.78, 5) is 40.2. The molecule has 0 bridgehead atoms. The van der Waals surface area contributed by atoms with Crippen molar-refractivity contribution >= 4 is 28.5 Å². The second kappa shape index (κ2) is 11.0. The molecule has 1 aliphatic heterocycles. The van der Waals surface area contributed by atoms with Crippen LogP contribution in [-0.2, 0) is 15.7 Å². The van der Waals surface area contributed by atoms with Crippen LogP contribution in [0.5, 0.6) is 11.6 Å². The van der Waals surface area contributed by atoms with Gasteiger partial charge in [0.15, 0.2) is 0 Å². The number of carbonyl (C=O) groups excluding carboxylic acids is 2. The van der Waals surface area contributed by atoms with Crippen molar-refractivity contribution in [1.29, 1.82) is 0 Å². The molecule has 0 atom stereocenters. The van der Waals surface area contributed by atoms with Crippen molar-refractivity contribution in [2.75, 3.05) is 31.8 Å². The topological polar surface area (TPSA) is 107 Å². The molecule has 1 aliphatic carbocycles. The third-order valence-corrected chi connectivity index (χ3v) is 6.78. The van der Waals surface area contributed by atoms with Gasteiger partial charge in [0.05, 0.1) is 35.0 Å². The molecule has 39 heavy (non-hydrogen) atoms. The van der Waals surface area contributed by atoms with Gasteiger partial charge in [0.2, 0.25) is 5.88 Å². The van der Waals surface area contributed by atoms with Crippen LogP contribution in [0.4, 0.5) is 23.7 Å². The Hall–Kier alpha value is -4.00. The summed E-state index contributed by atoms with van der Waals surface area (Å²) in [5, 5.41) is 0.731. The fraction of sp³-hybridized carbons (Fsp3) is 0.423. The largest absolute Gasteiger partial charge is 0.491 e. The van der Waals surface area contributed by atoms with Crippen molar-refractivity contribution in [3.63, 3.8) is 0 Å². The van der Waals surface area contributed by atoms with Crippen LogP contribution in [0.25, 0.3) is 10.9 Å². The maximum atomic E-state index is 13.1. The summed E-state index contributed by atoms with van der Waals surface area (Å²) in [5.41, 5.74) is -0.380. The van der Waals surface area contributed by atoms with Crippen molar-refractivity contribution in [2.24, 2.45) is 0 Å². The zero-order valence-corrected chi connectivity index (χ0v) is 21.1. The number of ether oxygens (including phenoxy) is 3. The molecule has 2 aromatic heterocycles. The summed E-state index contributed by atoms with van der Waals surface area (Å²) in [6.45, 7) is 0.548. The van der Waals surface area contributed by atoms with Gasteiger partial charge in [-0.1, -0.05) is 0 Å². The molecule has 10 nitrogen and oxygen atoms in total. The van der Waals surface area contributed by atoms with E-state index in [1.165, 1.54) is 6.33 Å². The van der Waals surface area contributed by atoms with Crippen LogP contribution in [0.2, 0.25) is 0 Å². The third-order valence-electron chi connectivity index (χ3n) is 6.78. The van der Waals surface area contributed by atoms with Gasteiger partial charge in [-0.3, -0.25) is 19.6 Å². The smallest absolute Gasteiger partial charge is 0.417 e. The lowest BCUT2D eigenvalue weighted by Gasteiger charge is -2.33. The summed E-state index contributed by atoms with van der Waals surface area (Å²) in [7, 11) is 1.60. The standard InChI is InChI=1S/C26H26F3N5O5/c1-37-8-9-38-20-6-7-21-22(11-20)31-15-32-24(21)39-19-4-2-17(3-5-19)34-23(35)14-33(25(34)36)18-10-16(12-30-13-18)26(27,28)29/h6-7,10-13,15,17,19H,2-5,8-9,14H2,1H3/t17-,19-. The number of methoxy groups -OCH3 is 1. The van der Waals surface area contributed by atoms with E-state index in [2.05, 4.69) is 15.0 Å². The average Bonchev–Trinajstić information content (AvgIpc) is 3.22. The SMILES string of the molecule is COCCOc1ccc2c(O[C@H]3CC[C@H](N4C(=O)CN(c5cncc(C(F)(F)F)c5)C4=O)CC3)ncnc2c1. The van der Waals surface area contributed by atoms with E-state index in [0.29, 0.717) is 62.2 Å². The number of urea groups is 1. The summed E-state index contributed by atoms with van der Waals surface area (Å²) in [6.07, 6.45) is 0.580. The molecular formula is C26H26F3N5O5. The highest BCUT2D eigenvalue weighted by Crippen LogP contribution is 2.34. The van der Waals surface area contributed by atoms with Crippen LogP contribution in [0.1, 0.15) is 31.2 Å². The van der Waals surface area contributed by atoms with Gasteiger partial charge in [-0.05, 0) is 43.9 Å². The highest BCUT2D eigenvalue weighted by molar-refractivity contribution is 6.12. The quantitative estimate of drug-likeness (QED) is 0.306. The maximum absolute atomic E-state index is 13.1. The Morgan fingerprint density at radius 2 is 1.82 bits per heavy atom. The number of fused-ring (bicyclic) bond motifs is 1. The number of halogens is 3. The molecule has 0 spiro atoms. The first-order valence-corrected chi connectivity index (χ1v) is 12.4. The number of hydrogen-bond donors (Lipinski definition) is 0. The molecule has 206 valence electrons. The number of anilines is 1. The van der Waals surface area contributed by atoms with Crippen LogP contribution in [0.3, 0.4) is 0 Å². The van der Waals surface area contributed by atoms with E-state index in [1.54, 1.807) is 19.2 Å². The number of nitrogens with zero attached hydrogens (tertiary/aromatic N) is 5. The Balaban J connectivity index is 1.22. The summed E-state index contributed by atoms with van der Waals surface area (Å²) >= 11 is 0. The van der Waals surface area contributed by atoms with Crippen molar-refractivity contribution in [3.05, 3.63) is 48.5 Å². The maximum Gasteiger partial charge on any atom is 0.417 e. The zero-order valence-electron chi connectivity index (χ0n) is 21.1. The number of pyridine rings is 1. The van der Waals surface area contributed by atoms with Crippen LogP contribution >= 0.6 is 0 Å². The molecule has 3 aromatic rings. The van der Waals surface area contributed by atoms with Crippen molar-refractivity contribution in [1.82, 2.24) is 19.9 Å². The van der Waals surface area contributed by atoms with Gasteiger partial charge in [-0.25, -0.2) is 14.8 Å². The molecule has 13 heteroatoms. The number of imide groups is 1. The first-order chi connectivity index (χ1) is 18.7. The van der Waals surface area contributed by atoms with Gasteiger partial charge in [0.1, 0.15) is 31.3 Å². The van der Waals surface area contributed by atoms with E-state index in [9.17, 15) is 22.8 Å². The molecule has 3 amide bonds. The number of rotatable bonds is 8. The predicted octanol–water partition coefficient (Wildman–Crippen LogP) is 4.23. The lowest BCUT2D eigenvalue weighted by atomic mass is 9.92. The number of benzene rings is 1. The minimum absolute atomic E-state index is 0.0643. The van der Waals surface area contributed by atoms with Crippen LogP contribution in [0, 0.1) is 0 Å². The first-order valence-electron chi connectivity index (χ1n) is 12.4. The summed E-state index contributed by atoms with van der Waals surface area (Å²) < 4.78 is 56.1. The normalized spacial score (nSPS) is 20.1. The number of aromatic nitrogens is 3. The second-order valence-corrected chi connectivity index (χ2v) is 9.31. The Labute approximate surface area is 221 Å². The fourth-order valence-corrected chi connectivity index (χ4v) is 4.83. The number of carbonyl (C=O) groups is 2. The lowest BCUT2D eigenvalue weighted by Crippen LogP contribution is -2.44. The van der Waals surface area contributed by atoms with Gasteiger partial charge in [-0.2, -0.15) is 13.2 Å². The van der Waals surface area contributed by atoms with Crippen molar-refractivity contribution in [3.8, 4) is 11.6 Å². The second-order valence-electron chi connectivity index (χ2n) is 9.31. The lowest BCUT2D eigenvalue weighted by molar-refractivity contribution is -0.137. The van der Waals surface area contributed by atoms with E-state index >= 15 is 0 Å². The first kappa shape index (κ1) is 26.6. The highest BCUT2D eigenvalue weighted by Gasteiger charge is 2.43. The monoisotopic (exact) mass is 545 g/mol. The Bertz CT molecular complexity index is 1360. The third kappa shape index (κ3) is 5.72. The van der Waals surface area contributed by atoms with E-state index < -0.39 is 23.7 Å². The number of hydrogen-bond acceptors (Lipinski definition) is 8. The van der Waals surface area contributed by atoms with Gasteiger partial charge in [0.25, 0.3) is 5.91 Å². The molecule has 0 N–H and O–H groups in total. The molecule has 1 saturated carbocycles. The number of amides is 3. The van der Waals surface area contributed by atoms with E-state index in [1.807, 2.05) is 6.07 Å². The van der Waals surface area contributed by atoms with Crippen molar-refractivity contribution < 1.29 is 37.0 Å². The van der Waals surface area contributed by atoms with E-state index in [4.69, 9.17) is 14.2 Å². The molecule has 2 fully saturated rings. The fourth-order valence-electron chi connectivity index (χ4n) is 4.83. The minimum Gasteiger partial charge on any atom is -0.491 e. The average molecular weight is 546 g/mol. The molecular weight excluding hydrogens is 519 g/mol. The van der Waals surface area contributed by atoms with Gasteiger partial charge in [-0.15, -0.1) is 0 Å². The Kier molecular flexibility index (Phi) is 7.51. The van der Waals surface area contributed by atoms with Crippen LogP contribution in [-0.4, -0.2) is 70.8 Å². The minimum atomic E-state index is -4.61. The molecule has 0 unspecified atom stereocenters. The molecule has 5 rings (SSSR count).